The molecule has 0 aliphatic rings. The van der Waals surface area contributed by atoms with E-state index in [-0.39, 0.29) is 23.4 Å². The van der Waals surface area contributed by atoms with Crippen LogP contribution in [0.25, 0.3) is 11.0 Å². The number of para-hydroxylation sites is 1. The summed E-state index contributed by atoms with van der Waals surface area (Å²) in [6.07, 6.45) is -0.935. The lowest BCUT2D eigenvalue weighted by molar-refractivity contribution is -0.153. The summed E-state index contributed by atoms with van der Waals surface area (Å²) < 4.78 is 46.4. The second-order valence-electron chi connectivity index (χ2n) is 7.63. The van der Waals surface area contributed by atoms with Crippen LogP contribution in [0.5, 0.6) is 0 Å². The van der Waals surface area contributed by atoms with Gasteiger partial charge in [0.15, 0.2) is 6.10 Å². The number of fused-ring (bicyclic) bond motifs is 1. The first kappa shape index (κ1) is 24.3. The third-order valence-corrected chi connectivity index (χ3v) is 6.90. The average Bonchev–Trinajstić information content (AvgIpc) is 3.08. The molecule has 0 saturated heterocycles. The molecule has 3 rings (SSSR count). The van der Waals surface area contributed by atoms with Crippen LogP contribution in [0.2, 0.25) is 0 Å². The van der Waals surface area contributed by atoms with Crippen molar-refractivity contribution >= 4 is 38.6 Å². The predicted molar refractivity (Wildman–Crippen MR) is 120 cm³/mol. The van der Waals surface area contributed by atoms with Gasteiger partial charge in [0.25, 0.3) is 5.91 Å². The Balaban J connectivity index is 1.63. The number of nitrogens with zero attached hydrogens (tertiary/aromatic N) is 3. The molecule has 176 valence electrons. The van der Waals surface area contributed by atoms with Crippen molar-refractivity contribution in [2.24, 2.45) is 7.05 Å². The number of carbonyl (C=O) groups is 2. The maximum atomic E-state index is 13.7. The lowest BCUT2D eigenvalue weighted by atomic mass is 10.2. The van der Waals surface area contributed by atoms with Gasteiger partial charge < -0.3 is 14.6 Å². The number of hydrogen-bond donors (Lipinski definition) is 1. The Morgan fingerprint density at radius 2 is 1.91 bits per heavy atom. The van der Waals surface area contributed by atoms with Gasteiger partial charge in [-0.2, -0.15) is 0 Å². The summed E-state index contributed by atoms with van der Waals surface area (Å²) >= 11 is 0. The van der Waals surface area contributed by atoms with Crippen molar-refractivity contribution in [1.29, 1.82) is 0 Å². The van der Waals surface area contributed by atoms with Gasteiger partial charge in [0.2, 0.25) is 10.0 Å². The molecule has 2 aromatic carbocycles. The van der Waals surface area contributed by atoms with E-state index in [1.165, 1.54) is 51.4 Å². The Labute approximate surface area is 191 Å². The van der Waals surface area contributed by atoms with Crippen LogP contribution >= 0.6 is 0 Å². The number of halogens is 1. The van der Waals surface area contributed by atoms with Crippen molar-refractivity contribution in [2.45, 2.75) is 30.8 Å². The van der Waals surface area contributed by atoms with Gasteiger partial charge in [-0.3, -0.25) is 9.59 Å². The Kier molecular flexibility index (Phi) is 7.13. The first-order valence-electron chi connectivity index (χ1n) is 10.1. The summed E-state index contributed by atoms with van der Waals surface area (Å²) in [5.74, 6) is -1.29. The number of esters is 1. The van der Waals surface area contributed by atoms with Crippen LogP contribution in [-0.2, 0) is 37.8 Å². The number of carbonyl (C=O) groups excluding carboxylic acids is 2. The molecule has 33 heavy (non-hydrogen) atoms. The smallest absolute Gasteiger partial charge is 0.307 e. The summed E-state index contributed by atoms with van der Waals surface area (Å²) in [6, 6.07) is 10.3. The second kappa shape index (κ2) is 9.67. The van der Waals surface area contributed by atoms with Crippen molar-refractivity contribution in [3.05, 3.63) is 54.1 Å². The molecule has 0 saturated carbocycles. The van der Waals surface area contributed by atoms with E-state index in [2.05, 4.69) is 10.3 Å². The first-order chi connectivity index (χ1) is 15.5. The third-order valence-electron chi connectivity index (χ3n) is 5.09. The van der Waals surface area contributed by atoms with Crippen LogP contribution in [0, 0.1) is 5.82 Å². The van der Waals surface area contributed by atoms with E-state index >= 15 is 0 Å². The summed E-state index contributed by atoms with van der Waals surface area (Å²) in [5, 5.41) is 2.38. The molecular weight excluding hydrogens is 451 g/mol. The van der Waals surface area contributed by atoms with Crippen LogP contribution in [0.15, 0.2) is 47.4 Å². The van der Waals surface area contributed by atoms with Gasteiger partial charge in [-0.05, 0) is 37.3 Å². The van der Waals surface area contributed by atoms with E-state index in [1.54, 1.807) is 23.7 Å². The highest BCUT2D eigenvalue weighted by Crippen LogP contribution is 2.22. The molecule has 0 fully saturated rings. The Morgan fingerprint density at radius 1 is 1.21 bits per heavy atom. The van der Waals surface area contributed by atoms with E-state index in [1.807, 2.05) is 0 Å². The minimum absolute atomic E-state index is 0.000694. The van der Waals surface area contributed by atoms with Crippen molar-refractivity contribution in [2.75, 3.05) is 19.4 Å². The SMILES string of the molecule is C[C@H](OC(=O)CCc1nc2cc(S(=O)(=O)N(C)C)ccc2n1C)C(=O)Nc1ccccc1F. The highest BCUT2D eigenvalue weighted by atomic mass is 32.2. The van der Waals surface area contributed by atoms with Gasteiger partial charge in [0.05, 0.1) is 28.0 Å². The fourth-order valence-electron chi connectivity index (χ4n) is 3.14. The lowest BCUT2D eigenvalue weighted by Crippen LogP contribution is -2.30. The molecular formula is C22H25FN4O5S. The molecule has 1 amide bonds. The number of ether oxygens (including phenoxy) is 1. The topological polar surface area (TPSA) is 111 Å². The van der Waals surface area contributed by atoms with Gasteiger partial charge in [0, 0.05) is 27.6 Å². The number of sulfonamides is 1. The number of aromatic nitrogens is 2. The van der Waals surface area contributed by atoms with Crippen molar-refractivity contribution in [1.82, 2.24) is 13.9 Å². The second-order valence-corrected chi connectivity index (χ2v) is 9.78. The summed E-state index contributed by atoms with van der Waals surface area (Å²) in [6.45, 7) is 1.40. The molecule has 3 aromatic rings. The summed E-state index contributed by atoms with van der Waals surface area (Å²) in [4.78, 5) is 29.0. The maximum Gasteiger partial charge on any atom is 0.307 e. The summed E-state index contributed by atoms with van der Waals surface area (Å²) in [5.41, 5.74) is 1.20. The van der Waals surface area contributed by atoms with Crippen LogP contribution < -0.4 is 5.32 Å². The molecule has 0 aliphatic heterocycles. The number of imidazole rings is 1. The van der Waals surface area contributed by atoms with E-state index < -0.39 is 33.8 Å². The molecule has 1 N–H and O–H groups in total. The van der Waals surface area contributed by atoms with Crippen molar-refractivity contribution < 1.29 is 27.1 Å². The number of aryl methyl sites for hydroxylation is 2. The van der Waals surface area contributed by atoms with Crippen LogP contribution in [0.3, 0.4) is 0 Å². The highest BCUT2D eigenvalue weighted by molar-refractivity contribution is 7.89. The van der Waals surface area contributed by atoms with Crippen LogP contribution in [0.4, 0.5) is 10.1 Å². The number of hydrogen-bond acceptors (Lipinski definition) is 6. The Bertz CT molecular complexity index is 1300. The number of anilines is 1. The average molecular weight is 477 g/mol. The Morgan fingerprint density at radius 3 is 2.58 bits per heavy atom. The van der Waals surface area contributed by atoms with Gasteiger partial charge in [-0.15, -0.1) is 0 Å². The minimum atomic E-state index is -3.60. The van der Waals surface area contributed by atoms with E-state index in [4.69, 9.17) is 4.74 Å². The molecule has 11 heteroatoms. The zero-order valence-corrected chi connectivity index (χ0v) is 19.5. The number of amides is 1. The molecule has 0 radical (unpaired) electrons. The monoisotopic (exact) mass is 476 g/mol. The maximum absolute atomic E-state index is 13.7. The van der Waals surface area contributed by atoms with Crippen LogP contribution in [-0.4, -0.2) is 54.3 Å². The molecule has 9 nitrogen and oxygen atoms in total. The van der Waals surface area contributed by atoms with Gasteiger partial charge in [-0.1, -0.05) is 12.1 Å². The molecule has 0 spiro atoms. The molecule has 0 aliphatic carbocycles. The van der Waals surface area contributed by atoms with E-state index in [9.17, 15) is 22.4 Å². The van der Waals surface area contributed by atoms with Crippen molar-refractivity contribution in [3.8, 4) is 0 Å². The fraction of sp³-hybridized carbons (Fsp3) is 0.318. The van der Waals surface area contributed by atoms with Gasteiger partial charge in [0.1, 0.15) is 11.6 Å². The van der Waals surface area contributed by atoms with Gasteiger partial charge in [-0.25, -0.2) is 22.1 Å². The molecule has 1 aromatic heterocycles. The zero-order valence-electron chi connectivity index (χ0n) is 18.7. The standard InChI is InChI=1S/C22H25FN4O5S/c1-14(22(29)25-17-8-6-5-7-16(17)23)32-21(28)12-11-20-24-18-13-15(33(30,31)26(2)3)9-10-19(18)27(20)4/h5-10,13-14H,11-12H2,1-4H3,(H,25,29)/t14-/m0/s1. The van der Waals surface area contributed by atoms with E-state index in [0.717, 1.165) is 4.31 Å². The molecule has 0 unspecified atom stereocenters. The zero-order chi connectivity index (χ0) is 24.3. The fourth-order valence-corrected chi connectivity index (χ4v) is 4.07. The first-order valence-corrected chi connectivity index (χ1v) is 11.6. The third kappa shape index (κ3) is 5.37. The lowest BCUT2D eigenvalue weighted by Gasteiger charge is -2.14. The largest absolute Gasteiger partial charge is 0.453 e. The molecule has 1 atom stereocenters. The number of benzene rings is 2. The van der Waals surface area contributed by atoms with Gasteiger partial charge >= 0.3 is 5.97 Å². The quantitative estimate of drug-likeness (QED) is 0.500. The van der Waals surface area contributed by atoms with E-state index in [0.29, 0.717) is 16.9 Å². The number of nitrogens with one attached hydrogen (secondary N) is 1. The van der Waals surface area contributed by atoms with Crippen molar-refractivity contribution in [3.63, 3.8) is 0 Å². The molecule has 1 heterocycles. The number of rotatable bonds is 8. The highest BCUT2D eigenvalue weighted by Gasteiger charge is 2.21. The minimum Gasteiger partial charge on any atom is -0.453 e. The van der Waals surface area contributed by atoms with Crippen LogP contribution in [0.1, 0.15) is 19.2 Å². The predicted octanol–water partition coefficient (Wildman–Crippen LogP) is 2.47. The Hall–Kier alpha value is -3.31. The summed E-state index contributed by atoms with van der Waals surface area (Å²) in [7, 11) is 1.07. The molecule has 0 bridgehead atoms. The normalized spacial score (nSPS) is 12.7.